The van der Waals surface area contributed by atoms with Crippen molar-refractivity contribution >= 4 is 23.2 Å². The number of nitrogens with zero attached hydrogens (tertiary/aromatic N) is 1. The van der Waals surface area contributed by atoms with Crippen LogP contribution in [0, 0.1) is 5.92 Å². The Morgan fingerprint density at radius 2 is 2.39 bits per heavy atom. The lowest BCUT2D eigenvalue weighted by Gasteiger charge is -2.12. The summed E-state index contributed by atoms with van der Waals surface area (Å²) in [6, 6.07) is 4.94. The van der Waals surface area contributed by atoms with Gasteiger partial charge in [0, 0.05) is 18.8 Å². The second-order valence-corrected chi connectivity index (χ2v) is 5.27. The fourth-order valence-corrected chi connectivity index (χ4v) is 2.52. The van der Waals surface area contributed by atoms with E-state index >= 15 is 0 Å². The Balaban J connectivity index is 1.91. The van der Waals surface area contributed by atoms with Crippen LogP contribution in [0.1, 0.15) is 16.8 Å². The number of hydrogen-bond acceptors (Lipinski definition) is 3. The van der Waals surface area contributed by atoms with Crippen LogP contribution in [0.5, 0.6) is 0 Å². The average molecular weight is 268 g/mol. The molecule has 1 unspecified atom stereocenters. The molecule has 0 bridgehead atoms. The number of benzene rings is 1. The lowest BCUT2D eigenvalue weighted by molar-refractivity contribution is 0.0947. The Morgan fingerprint density at radius 3 is 3.00 bits per heavy atom. The third-order valence-corrected chi connectivity index (χ3v) is 3.59. The fourth-order valence-electron chi connectivity index (χ4n) is 2.24. The van der Waals surface area contributed by atoms with Gasteiger partial charge in [0.25, 0.3) is 5.91 Å². The molecule has 5 heteroatoms. The Morgan fingerprint density at radius 1 is 1.61 bits per heavy atom. The van der Waals surface area contributed by atoms with Crippen molar-refractivity contribution in [3.05, 3.63) is 28.8 Å². The maximum Gasteiger partial charge on any atom is 0.252 e. The highest BCUT2D eigenvalue weighted by molar-refractivity contribution is 6.34. The summed E-state index contributed by atoms with van der Waals surface area (Å²) in [5.41, 5.74) is 6.64. The predicted octanol–water partition coefficient (Wildman–Crippen LogP) is 1.60. The molecule has 0 saturated carbocycles. The zero-order chi connectivity index (χ0) is 13.1. The smallest absolute Gasteiger partial charge is 0.252 e. The zero-order valence-corrected chi connectivity index (χ0v) is 11.2. The second-order valence-electron chi connectivity index (χ2n) is 4.87. The van der Waals surface area contributed by atoms with Crippen LogP contribution in [0.2, 0.25) is 5.02 Å². The molecular weight excluding hydrogens is 250 g/mol. The van der Waals surface area contributed by atoms with Gasteiger partial charge in [-0.2, -0.15) is 0 Å². The average Bonchev–Trinajstić information content (AvgIpc) is 2.72. The van der Waals surface area contributed by atoms with Crippen molar-refractivity contribution in [3.8, 4) is 0 Å². The van der Waals surface area contributed by atoms with Gasteiger partial charge < -0.3 is 16.0 Å². The number of likely N-dealkylation sites (tertiary alicyclic amines) is 1. The number of hydrogen-bond donors (Lipinski definition) is 2. The number of amides is 1. The summed E-state index contributed by atoms with van der Waals surface area (Å²) in [7, 11) is 2.10. The molecule has 1 amide bonds. The van der Waals surface area contributed by atoms with E-state index in [4.69, 9.17) is 17.3 Å². The van der Waals surface area contributed by atoms with E-state index in [0.29, 0.717) is 28.7 Å². The van der Waals surface area contributed by atoms with Gasteiger partial charge in [0.1, 0.15) is 0 Å². The summed E-state index contributed by atoms with van der Waals surface area (Å²) in [6.07, 6.45) is 1.13. The molecule has 2 rings (SSSR count). The fraction of sp³-hybridized carbons (Fsp3) is 0.462. The molecule has 1 atom stereocenters. The Bertz CT molecular complexity index is 450. The summed E-state index contributed by atoms with van der Waals surface area (Å²) in [4.78, 5) is 14.2. The number of nitrogen functional groups attached to an aromatic ring is 1. The second kappa shape index (κ2) is 5.59. The van der Waals surface area contributed by atoms with Gasteiger partial charge in [0.2, 0.25) is 0 Å². The molecule has 1 aromatic carbocycles. The van der Waals surface area contributed by atoms with Crippen LogP contribution in [-0.2, 0) is 0 Å². The highest BCUT2D eigenvalue weighted by atomic mass is 35.5. The molecule has 18 heavy (non-hydrogen) atoms. The molecule has 1 aliphatic rings. The maximum atomic E-state index is 12.0. The van der Waals surface area contributed by atoms with Crippen LogP contribution < -0.4 is 11.1 Å². The highest BCUT2D eigenvalue weighted by Crippen LogP contribution is 2.19. The first-order valence-corrected chi connectivity index (χ1v) is 6.46. The molecule has 0 aliphatic carbocycles. The van der Waals surface area contributed by atoms with E-state index in [2.05, 4.69) is 17.3 Å². The van der Waals surface area contributed by atoms with Crippen molar-refractivity contribution in [2.75, 3.05) is 32.4 Å². The lowest BCUT2D eigenvalue weighted by Crippen LogP contribution is -2.30. The van der Waals surface area contributed by atoms with Gasteiger partial charge in [0.15, 0.2) is 0 Å². The zero-order valence-electron chi connectivity index (χ0n) is 10.4. The first-order valence-electron chi connectivity index (χ1n) is 6.08. The van der Waals surface area contributed by atoms with Crippen LogP contribution in [-0.4, -0.2) is 37.5 Å². The van der Waals surface area contributed by atoms with Crippen LogP contribution >= 0.6 is 11.6 Å². The molecule has 4 nitrogen and oxygen atoms in total. The SMILES string of the molecule is CN1CCC(CNC(=O)c2ccc(N)cc2Cl)C1. The van der Waals surface area contributed by atoms with Crippen molar-refractivity contribution < 1.29 is 4.79 Å². The summed E-state index contributed by atoms with van der Waals surface area (Å²) < 4.78 is 0. The quantitative estimate of drug-likeness (QED) is 0.818. The van der Waals surface area contributed by atoms with Gasteiger partial charge in [-0.15, -0.1) is 0 Å². The van der Waals surface area contributed by atoms with Crippen molar-refractivity contribution in [2.45, 2.75) is 6.42 Å². The molecular formula is C13H18ClN3O. The van der Waals surface area contributed by atoms with E-state index in [1.54, 1.807) is 18.2 Å². The molecule has 0 spiro atoms. The van der Waals surface area contributed by atoms with E-state index in [9.17, 15) is 4.79 Å². The van der Waals surface area contributed by atoms with E-state index in [1.807, 2.05) is 0 Å². The molecule has 1 heterocycles. The molecule has 0 radical (unpaired) electrons. The minimum Gasteiger partial charge on any atom is -0.399 e. The minimum absolute atomic E-state index is 0.130. The summed E-state index contributed by atoms with van der Waals surface area (Å²) in [5.74, 6) is 0.404. The first-order chi connectivity index (χ1) is 8.56. The van der Waals surface area contributed by atoms with Gasteiger partial charge in [-0.25, -0.2) is 0 Å². The van der Waals surface area contributed by atoms with Crippen molar-refractivity contribution in [3.63, 3.8) is 0 Å². The van der Waals surface area contributed by atoms with Crippen molar-refractivity contribution in [1.82, 2.24) is 10.2 Å². The maximum absolute atomic E-state index is 12.0. The number of carbonyl (C=O) groups excluding carboxylic acids is 1. The Kier molecular flexibility index (Phi) is 4.09. The Hall–Kier alpha value is -1.26. The number of carbonyl (C=O) groups is 1. The summed E-state index contributed by atoms with van der Waals surface area (Å²) in [5, 5.41) is 3.33. The number of nitrogens with one attached hydrogen (secondary N) is 1. The third-order valence-electron chi connectivity index (χ3n) is 3.28. The third kappa shape index (κ3) is 3.15. The topological polar surface area (TPSA) is 58.4 Å². The molecule has 98 valence electrons. The normalized spacial score (nSPS) is 20.0. The minimum atomic E-state index is -0.130. The number of rotatable bonds is 3. The predicted molar refractivity (Wildman–Crippen MR) is 73.8 cm³/mol. The van der Waals surface area contributed by atoms with Crippen LogP contribution in [0.3, 0.4) is 0 Å². The molecule has 1 aromatic rings. The standard InChI is InChI=1S/C13H18ClN3O/c1-17-5-4-9(8-17)7-16-13(18)11-3-2-10(15)6-12(11)14/h2-3,6,9H,4-5,7-8,15H2,1H3,(H,16,18). The number of nitrogens with two attached hydrogens (primary N) is 1. The first kappa shape index (κ1) is 13.2. The Labute approximate surface area is 112 Å². The molecule has 0 aromatic heterocycles. The number of anilines is 1. The van der Waals surface area contributed by atoms with Crippen LogP contribution in [0.25, 0.3) is 0 Å². The van der Waals surface area contributed by atoms with E-state index in [0.717, 1.165) is 19.5 Å². The van der Waals surface area contributed by atoms with Crippen LogP contribution in [0.4, 0.5) is 5.69 Å². The molecule has 1 saturated heterocycles. The largest absolute Gasteiger partial charge is 0.399 e. The van der Waals surface area contributed by atoms with E-state index in [1.165, 1.54) is 0 Å². The summed E-state index contributed by atoms with van der Waals surface area (Å²) in [6.45, 7) is 2.84. The van der Waals surface area contributed by atoms with E-state index in [-0.39, 0.29) is 5.91 Å². The van der Waals surface area contributed by atoms with Crippen molar-refractivity contribution in [2.24, 2.45) is 5.92 Å². The van der Waals surface area contributed by atoms with Gasteiger partial charge in [0.05, 0.1) is 10.6 Å². The van der Waals surface area contributed by atoms with Gasteiger partial charge in [-0.1, -0.05) is 11.6 Å². The van der Waals surface area contributed by atoms with E-state index < -0.39 is 0 Å². The lowest BCUT2D eigenvalue weighted by atomic mass is 10.1. The van der Waals surface area contributed by atoms with Crippen LogP contribution in [0.15, 0.2) is 18.2 Å². The van der Waals surface area contributed by atoms with Gasteiger partial charge in [-0.05, 0) is 44.1 Å². The van der Waals surface area contributed by atoms with Gasteiger partial charge in [-0.3, -0.25) is 4.79 Å². The number of halogens is 1. The molecule has 3 N–H and O–H groups in total. The highest BCUT2D eigenvalue weighted by Gasteiger charge is 2.20. The van der Waals surface area contributed by atoms with Gasteiger partial charge >= 0.3 is 0 Å². The van der Waals surface area contributed by atoms with Crippen molar-refractivity contribution in [1.29, 1.82) is 0 Å². The monoisotopic (exact) mass is 267 g/mol. The molecule has 1 aliphatic heterocycles. The summed E-state index contributed by atoms with van der Waals surface area (Å²) >= 11 is 5.99. The molecule has 1 fully saturated rings.